The van der Waals surface area contributed by atoms with Crippen LogP contribution in [0.5, 0.6) is 0 Å². The van der Waals surface area contributed by atoms with E-state index in [1.54, 1.807) is 44.2 Å². The van der Waals surface area contributed by atoms with Gasteiger partial charge in [0.2, 0.25) is 0 Å². The SMILES string of the molecule is CCOC(=O)c1sc(N2C(=O)C(=O)/C(=C(/O)c3ccccc3)[C@H]2c2ccc(C(C)(C)C)cc2)nc1C. The molecule has 0 saturated carbocycles. The van der Waals surface area contributed by atoms with Crippen molar-refractivity contribution in [2.24, 2.45) is 0 Å². The Bertz CT molecular complexity index is 1350. The van der Waals surface area contributed by atoms with Gasteiger partial charge in [-0.25, -0.2) is 9.78 Å². The van der Waals surface area contributed by atoms with Crippen LogP contribution < -0.4 is 4.90 Å². The standard InChI is InChI=1S/C28H28N2O5S/c1-6-35-26(34)24-16(2)29-27(36-24)30-21(17-12-14-19(15-13-17)28(3,4)5)20(23(32)25(30)33)22(31)18-10-8-7-9-11-18/h7-15,21,31H,6H2,1-5H3/b22-20+/t21-/m1/s1. The van der Waals surface area contributed by atoms with Crippen molar-refractivity contribution in [2.75, 3.05) is 11.5 Å². The Labute approximate surface area is 214 Å². The number of anilines is 1. The highest BCUT2D eigenvalue weighted by atomic mass is 32.1. The second-order valence-electron chi connectivity index (χ2n) is 9.54. The number of esters is 1. The fraction of sp³-hybridized carbons (Fsp3) is 0.286. The summed E-state index contributed by atoms with van der Waals surface area (Å²) in [6.07, 6.45) is 0. The fourth-order valence-electron chi connectivity index (χ4n) is 4.13. The average Bonchev–Trinajstić information content (AvgIpc) is 3.36. The van der Waals surface area contributed by atoms with Gasteiger partial charge < -0.3 is 9.84 Å². The second kappa shape index (κ2) is 9.70. The number of amides is 1. The van der Waals surface area contributed by atoms with Gasteiger partial charge in [0, 0.05) is 5.56 Å². The normalized spacial score (nSPS) is 17.5. The molecule has 1 atom stereocenters. The summed E-state index contributed by atoms with van der Waals surface area (Å²) < 4.78 is 5.12. The number of aromatic nitrogens is 1. The number of aliphatic hydroxyl groups is 1. The topological polar surface area (TPSA) is 96.8 Å². The Morgan fingerprint density at radius 3 is 2.31 bits per heavy atom. The molecule has 36 heavy (non-hydrogen) atoms. The van der Waals surface area contributed by atoms with Gasteiger partial charge in [-0.05, 0) is 30.4 Å². The molecule has 3 aromatic rings. The van der Waals surface area contributed by atoms with Crippen molar-refractivity contribution in [3.8, 4) is 0 Å². The van der Waals surface area contributed by atoms with Crippen LogP contribution in [0.3, 0.4) is 0 Å². The van der Waals surface area contributed by atoms with Crippen LogP contribution in [0.4, 0.5) is 5.13 Å². The molecule has 4 rings (SSSR count). The van der Waals surface area contributed by atoms with E-state index in [1.807, 2.05) is 24.3 Å². The molecule has 2 heterocycles. The Morgan fingerprint density at radius 1 is 1.08 bits per heavy atom. The Balaban J connectivity index is 1.90. The van der Waals surface area contributed by atoms with Crippen molar-refractivity contribution >= 4 is 39.9 Å². The maximum atomic E-state index is 13.4. The fourth-order valence-corrected chi connectivity index (χ4v) is 5.12. The number of thiazole rings is 1. The molecular weight excluding hydrogens is 476 g/mol. The maximum Gasteiger partial charge on any atom is 0.350 e. The number of ketones is 1. The van der Waals surface area contributed by atoms with E-state index in [2.05, 4.69) is 25.8 Å². The number of hydrogen-bond acceptors (Lipinski definition) is 7. The highest BCUT2D eigenvalue weighted by Crippen LogP contribution is 2.44. The van der Waals surface area contributed by atoms with E-state index in [-0.39, 0.29) is 33.4 Å². The van der Waals surface area contributed by atoms with Gasteiger partial charge in [0.25, 0.3) is 5.78 Å². The summed E-state index contributed by atoms with van der Waals surface area (Å²) in [4.78, 5) is 45.1. The van der Waals surface area contributed by atoms with E-state index in [1.165, 1.54) is 4.90 Å². The number of hydrogen-bond donors (Lipinski definition) is 1. The first kappa shape index (κ1) is 25.3. The Morgan fingerprint density at radius 2 is 1.72 bits per heavy atom. The van der Waals surface area contributed by atoms with E-state index in [4.69, 9.17) is 4.74 Å². The number of rotatable bonds is 5. The molecule has 1 amide bonds. The molecule has 0 spiro atoms. The lowest BCUT2D eigenvalue weighted by Gasteiger charge is -2.24. The summed E-state index contributed by atoms with van der Waals surface area (Å²) in [5, 5.41) is 11.4. The van der Waals surface area contributed by atoms with Crippen LogP contribution in [-0.2, 0) is 19.7 Å². The summed E-state index contributed by atoms with van der Waals surface area (Å²) in [6, 6.07) is 15.3. The highest BCUT2D eigenvalue weighted by molar-refractivity contribution is 7.17. The van der Waals surface area contributed by atoms with Gasteiger partial charge >= 0.3 is 11.9 Å². The summed E-state index contributed by atoms with van der Waals surface area (Å²) in [6.45, 7) is 9.85. The molecule has 1 aliphatic rings. The molecule has 186 valence electrons. The molecule has 1 fully saturated rings. The van der Waals surface area contributed by atoms with E-state index in [0.717, 1.165) is 16.9 Å². The second-order valence-corrected chi connectivity index (χ2v) is 10.5. The number of nitrogens with zero attached hydrogens (tertiary/aromatic N) is 2. The molecule has 1 saturated heterocycles. The third-order valence-corrected chi connectivity index (χ3v) is 7.17. The predicted molar refractivity (Wildman–Crippen MR) is 139 cm³/mol. The third kappa shape index (κ3) is 4.56. The molecule has 0 bridgehead atoms. The number of ether oxygens (including phenoxy) is 1. The van der Waals surface area contributed by atoms with Gasteiger partial charge in [-0.3, -0.25) is 14.5 Å². The Hall–Kier alpha value is -3.78. The first-order valence-electron chi connectivity index (χ1n) is 11.7. The van der Waals surface area contributed by atoms with E-state index in [0.29, 0.717) is 16.8 Å². The van der Waals surface area contributed by atoms with E-state index in [9.17, 15) is 19.5 Å². The largest absolute Gasteiger partial charge is 0.507 e. The van der Waals surface area contributed by atoms with Gasteiger partial charge in [-0.15, -0.1) is 0 Å². The van der Waals surface area contributed by atoms with Crippen molar-refractivity contribution in [1.82, 2.24) is 4.98 Å². The maximum absolute atomic E-state index is 13.4. The summed E-state index contributed by atoms with van der Waals surface area (Å²) in [5.74, 6) is -2.43. The van der Waals surface area contributed by atoms with Crippen LogP contribution >= 0.6 is 11.3 Å². The highest BCUT2D eigenvalue weighted by Gasteiger charge is 2.48. The van der Waals surface area contributed by atoms with Crippen LogP contribution in [-0.4, -0.2) is 34.4 Å². The smallest absolute Gasteiger partial charge is 0.350 e. The molecule has 0 aliphatic carbocycles. The number of Topliss-reactive ketones (excluding diaryl/α,β-unsaturated/α-hetero) is 1. The lowest BCUT2D eigenvalue weighted by Crippen LogP contribution is -2.29. The molecule has 0 radical (unpaired) electrons. The van der Waals surface area contributed by atoms with Gasteiger partial charge in [0.1, 0.15) is 10.6 Å². The molecule has 8 heteroatoms. The lowest BCUT2D eigenvalue weighted by atomic mass is 9.85. The third-order valence-electron chi connectivity index (χ3n) is 6.04. The zero-order valence-electron chi connectivity index (χ0n) is 20.9. The first-order valence-corrected chi connectivity index (χ1v) is 12.5. The molecular formula is C28H28N2O5S. The molecule has 7 nitrogen and oxygen atoms in total. The summed E-state index contributed by atoms with van der Waals surface area (Å²) >= 11 is 0.989. The van der Waals surface area contributed by atoms with E-state index >= 15 is 0 Å². The van der Waals surface area contributed by atoms with Crippen LogP contribution in [0.2, 0.25) is 0 Å². The van der Waals surface area contributed by atoms with Crippen LogP contribution in [0.25, 0.3) is 5.76 Å². The minimum atomic E-state index is -0.917. The average molecular weight is 505 g/mol. The van der Waals surface area contributed by atoms with Gasteiger partial charge in [0.05, 0.1) is 23.9 Å². The minimum absolute atomic E-state index is 0.0275. The monoisotopic (exact) mass is 504 g/mol. The molecule has 0 unspecified atom stereocenters. The van der Waals surface area contributed by atoms with Crippen molar-refractivity contribution < 1.29 is 24.2 Å². The number of aliphatic hydroxyl groups excluding tert-OH is 1. The number of carbonyl (C=O) groups is 3. The van der Waals surface area contributed by atoms with Crippen molar-refractivity contribution in [2.45, 2.75) is 46.1 Å². The Kier molecular flexibility index (Phi) is 6.82. The number of carbonyl (C=O) groups excluding carboxylic acids is 3. The van der Waals surface area contributed by atoms with Crippen LogP contribution in [0, 0.1) is 6.92 Å². The van der Waals surface area contributed by atoms with E-state index < -0.39 is 23.7 Å². The number of aryl methyl sites for hydroxylation is 1. The van der Waals surface area contributed by atoms with Gasteiger partial charge in [-0.2, -0.15) is 0 Å². The minimum Gasteiger partial charge on any atom is -0.507 e. The van der Waals surface area contributed by atoms with Crippen molar-refractivity contribution in [3.63, 3.8) is 0 Å². The lowest BCUT2D eigenvalue weighted by molar-refractivity contribution is -0.132. The van der Waals surface area contributed by atoms with Crippen LogP contribution in [0.1, 0.15) is 65.8 Å². The van der Waals surface area contributed by atoms with Gasteiger partial charge in [-0.1, -0.05) is 86.7 Å². The molecule has 1 aromatic heterocycles. The van der Waals surface area contributed by atoms with Crippen LogP contribution in [0.15, 0.2) is 60.2 Å². The molecule has 1 N–H and O–H groups in total. The first-order chi connectivity index (χ1) is 17.0. The number of benzene rings is 2. The predicted octanol–water partition coefficient (Wildman–Crippen LogP) is 5.55. The van der Waals surface area contributed by atoms with Crippen molar-refractivity contribution in [3.05, 3.63) is 87.4 Å². The zero-order chi connectivity index (χ0) is 26.2. The van der Waals surface area contributed by atoms with Gasteiger partial charge in [0.15, 0.2) is 5.13 Å². The summed E-state index contributed by atoms with van der Waals surface area (Å²) in [7, 11) is 0. The van der Waals surface area contributed by atoms with Crippen molar-refractivity contribution in [1.29, 1.82) is 0 Å². The summed E-state index contributed by atoms with van der Waals surface area (Å²) in [5.41, 5.74) is 2.44. The molecule has 1 aliphatic heterocycles. The molecule has 2 aromatic carbocycles. The zero-order valence-corrected chi connectivity index (χ0v) is 21.7. The quantitative estimate of drug-likeness (QED) is 0.212.